The topological polar surface area (TPSA) is 55.8 Å². The molecule has 1 rings (SSSR count). The number of hydrogen-bond acceptors (Lipinski definition) is 4. The third-order valence-corrected chi connectivity index (χ3v) is 2.46. The number of ether oxygens (including phenoxy) is 2. The van der Waals surface area contributed by atoms with Gasteiger partial charge in [-0.25, -0.2) is 4.79 Å². The van der Waals surface area contributed by atoms with Crippen LogP contribution in [-0.4, -0.2) is 24.8 Å². The zero-order chi connectivity index (χ0) is 13.0. The second-order valence-corrected chi connectivity index (χ2v) is 3.86. The van der Waals surface area contributed by atoms with Crippen molar-refractivity contribution in [3.05, 3.63) is 28.8 Å². The molecule has 1 N–H and O–H groups in total. The highest BCUT2D eigenvalue weighted by Gasteiger charge is 2.23. The Morgan fingerprint density at radius 1 is 1.41 bits per heavy atom. The van der Waals surface area contributed by atoms with E-state index in [1.54, 1.807) is 13.0 Å². The predicted octanol–water partition coefficient (Wildman–Crippen LogP) is 1.91. The molecule has 0 aromatic heterocycles. The number of rotatable bonds is 4. The molecule has 0 fully saturated rings. The number of carbonyl (C=O) groups excluding carboxylic acids is 1. The molecule has 1 atom stereocenters. The van der Waals surface area contributed by atoms with Crippen molar-refractivity contribution in [2.75, 3.05) is 13.7 Å². The summed E-state index contributed by atoms with van der Waals surface area (Å²) in [4.78, 5) is 11.5. The second kappa shape index (κ2) is 5.68. The third kappa shape index (κ3) is 2.97. The van der Waals surface area contributed by atoms with Gasteiger partial charge in [-0.05, 0) is 32.4 Å². The van der Waals surface area contributed by atoms with Gasteiger partial charge in [0.05, 0.1) is 13.7 Å². The van der Waals surface area contributed by atoms with E-state index < -0.39 is 12.1 Å². The number of methoxy groups -OCH3 is 1. The van der Waals surface area contributed by atoms with Crippen molar-refractivity contribution in [3.63, 3.8) is 0 Å². The summed E-state index contributed by atoms with van der Waals surface area (Å²) in [7, 11) is 1.51. The van der Waals surface area contributed by atoms with Gasteiger partial charge in [-0.1, -0.05) is 11.6 Å². The van der Waals surface area contributed by atoms with Crippen LogP contribution in [0.1, 0.15) is 29.7 Å². The zero-order valence-electron chi connectivity index (χ0n) is 10.6. The normalized spacial score (nSPS) is 12.1. The Morgan fingerprint density at radius 2 is 2.06 bits per heavy atom. The Labute approximate surface area is 101 Å². The lowest BCUT2D eigenvalue weighted by Gasteiger charge is -2.16. The van der Waals surface area contributed by atoms with Gasteiger partial charge in [0.15, 0.2) is 6.10 Å². The van der Waals surface area contributed by atoms with Crippen molar-refractivity contribution in [2.45, 2.75) is 26.9 Å². The maximum Gasteiger partial charge on any atom is 0.339 e. The summed E-state index contributed by atoms with van der Waals surface area (Å²) in [5.41, 5.74) is 2.29. The smallest absolute Gasteiger partial charge is 0.339 e. The molecule has 0 saturated heterocycles. The Morgan fingerprint density at radius 3 is 2.59 bits per heavy atom. The summed E-state index contributed by atoms with van der Waals surface area (Å²) >= 11 is 0. The quantitative estimate of drug-likeness (QED) is 0.814. The highest BCUT2D eigenvalue weighted by molar-refractivity contribution is 5.77. The van der Waals surface area contributed by atoms with Gasteiger partial charge in [0, 0.05) is 5.56 Å². The first-order valence-corrected chi connectivity index (χ1v) is 5.51. The van der Waals surface area contributed by atoms with E-state index in [-0.39, 0.29) is 6.61 Å². The molecule has 17 heavy (non-hydrogen) atoms. The molecular formula is C13H18O4. The number of aliphatic hydroxyl groups is 1. The molecule has 0 radical (unpaired) electrons. The molecule has 0 amide bonds. The first-order chi connectivity index (χ1) is 8.01. The van der Waals surface area contributed by atoms with Crippen molar-refractivity contribution in [1.29, 1.82) is 0 Å². The number of benzene rings is 1. The first kappa shape index (κ1) is 13.5. The van der Waals surface area contributed by atoms with Crippen LogP contribution in [0.25, 0.3) is 0 Å². The van der Waals surface area contributed by atoms with Crippen LogP contribution in [0.15, 0.2) is 12.1 Å². The average Bonchev–Trinajstić information content (AvgIpc) is 2.27. The molecule has 0 saturated carbocycles. The molecule has 1 unspecified atom stereocenters. The molecule has 4 heteroatoms. The molecule has 0 spiro atoms. The summed E-state index contributed by atoms with van der Waals surface area (Å²) in [6.07, 6.45) is -1.30. The SMILES string of the molecule is CCOC(=O)C(O)c1cc(C)cc(C)c1OC. The minimum Gasteiger partial charge on any atom is -0.496 e. The second-order valence-electron chi connectivity index (χ2n) is 3.86. The fourth-order valence-electron chi connectivity index (χ4n) is 1.82. The van der Waals surface area contributed by atoms with E-state index in [0.29, 0.717) is 11.3 Å². The van der Waals surface area contributed by atoms with Crippen LogP contribution in [0.2, 0.25) is 0 Å². The Balaban J connectivity index is 3.15. The van der Waals surface area contributed by atoms with E-state index in [2.05, 4.69) is 0 Å². The van der Waals surface area contributed by atoms with Crippen molar-refractivity contribution in [1.82, 2.24) is 0 Å². The molecule has 0 aliphatic rings. The van der Waals surface area contributed by atoms with Gasteiger partial charge in [-0.2, -0.15) is 0 Å². The van der Waals surface area contributed by atoms with Crippen LogP contribution in [0.5, 0.6) is 5.75 Å². The molecule has 1 aromatic rings. The standard InChI is InChI=1S/C13H18O4/c1-5-17-13(15)11(14)10-7-8(2)6-9(3)12(10)16-4/h6-7,11,14H,5H2,1-4H3. The minimum absolute atomic E-state index is 0.239. The molecule has 0 aliphatic heterocycles. The van der Waals surface area contributed by atoms with E-state index in [1.807, 2.05) is 19.9 Å². The van der Waals surface area contributed by atoms with E-state index in [0.717, 1.165) is 11.1 Å². The Bertz CT molecular complexity index is 412. The average molecular weight is 238 g/mol. The van der Waals surface area contributed by atoms with Gasteiger partial charge >= 0.3 is 5.97 Å². The van der Waals surface area contributed by atoms with Crippen LogP contribution in [0.3, 0.4) is 0 Å². The number of aryl methyl sites for hydroxylation is 2. The lowest BCUT2D eigenvalue weighted by atomic mass is 10.0. The highest BCUT2D eigenvalue weighted by atomic mass is 16.5. The van der Waals surface area contributed by atoms with Crippen LogP contribution >= 0.6 is 0 Å². The largest absolute Gasteiger partial charge is 0.496 e. The Hall–Kier alpha value is -1.55. The number of aliphatic hydroxyl groups excluding tert-OH is 1. The minimum atomic E-state index is -1.30. The summed E-state index contributed by atoms with van der Waals surface area (Å²) in [5.74, 6) is -0.132. The van der Waals surface area contributed by atoms with Crippen LogP contribution < -0.4 is 4.74 Å². The van der Waals surface area contributed by atoms with Gasteiger partial charge in [0.1, 0.15) is 5.75 Å². The number of hydrogen-bond donors (Lipinski definition) is 1. The highest BCUT2D eigenvalue weighted by Crippen LogP contribution is 2.30. The molecule has 0 bridgehead atoms. The van der Waals surface area contributed by atoms with E-state index >= 15 is 0 Å². The fourth-order valence-corrected chi connectivity index (χ4v) is 1.82. The van der Waals surface area contributed by atoms with E-state index in [9.17, 15) is 9.90 Å². The van der Waals surface area contributed by atoms with Gasteiger partial charge in [0.2, 0.25) is 0 Å². The molecular weight excluding hydrogens is 220 g/mol. The summed E-state index contributed by atoms with van der Waals surface area (Å²) in [6.45, 7) is 5.70. The molecule has 0 heterocycles. The summed E-state index contributed by atoms with van der Waals surface area (Å²) in [5, 5.41) is 9.93. The summed E-state index contributed by atoms with van der Waals surface area (Å²) < 4.78 is 10.0. The third-order valence-electron chi connectivity index (χ3n) is 2.46. The van der Waals surface area contributed by atoms with Crippen LogP contribution in [0, 0.1) is 13.8 Å². The van der Waals surface area contributed by atoms with E-state index in [1.165, 1.54) is 7.11 Å². The molecule has 0 aliphatic carbocycles. The van der Waals surface area contributed by atoms with Crippen molar-refractivity contribution in [3.8, 4) is 5.75 Å². The van der Waals surface area contributed by atoms with Gasteiger partial charge in [0.25, 0.3) is 0 Å². The van der Waals surface area contributed by atoms with Crippen molar-refractivity contribution >= 4 is 5.97 Å². The van der Waals surface area contributed by atoms with Gasteiger partial charge in [-0.15, -0.1) is 0 Å². The van der Waals surface area contributed by atoms with Gasteiger partial charge < -0.3 is 14.6 Å². The van der Waals surface area contributed by atoms with Crippen molar-refractivity contribution < 1.29 is 19.4 Å². The maximum absolute atomic E-state index is 11.5. The zero-order valence-corrected chi connectivity index (χ0v) is 10.6. The lowest BCUT2D eigenvalue weighted by molar-refractivity contribution is -0.153. The number of carbonyl (C=O) groups is 1. The molecule has 94 valence electrons. The predicted molar refractivity (Wildman–Crippen MR) is 64.1 cm³/mol. The monoisotopic (exact) mass is 238 g/mol. The molecule has 1 aromatic carbocycles. The van der Waals surface area contributed by atoms with Gasteiger partial charge in [-0.3, -0.25) is 0 Å². The van der Waals surface area contributed by atoms with E-state index in [4.69, 9.17) is 9.47 Å². The maximum atomic E-state index is 11.5. The van der Waals surface area contributed by atoms with Crippen molar-refractivity contribution in [2.24, 2.45) is 0 Å². The molecule has 4 nitrogen and oxygen atoms in total. The number of esters is 1. The Kier molecular flexibility index (Phi) is 4.52. The lowest BCUT2D eigenvalue weighted by Crippen LogP contribution is -2.16. The van der Waals surface area contributed by atoms with Crippen LogP contribution in [-0.2, 0) is 9.53 Å². The summed E-state index contributed by atoms with van der Waals surface area (Å²) in [6, 6.07) is 3.66. The fraction of sp³-hybridized carbons (Fsp3) is 0.462. The first-order valence-electron chi connectivity index (χ1n) is 5.51. The van der Waals surface area contributed by atoms with Crippen LogP contribution in [0.4, 0.5) is 0 Å².